The molecule has 284 valence electrons. The van der Waals surface area contributed by atoms with E-state index >= 15 is 0 Å². The zero-order chi connectivity index (χ0) is 37.4. The lowest BCUT2D eigenvalue weighted by Crippen LogP contribution is -2.03. The van der Waals surface area contributed by atoms with Crippen LogP contribution in [0.3, 0.4) is 0 Å². The van der Waals surface area contributed by atoms with E-state index in [0.717, 1.165) is 37.2 Å². The standard InChI is InChI=1S/C52H70O/c1-5-47-39-41-51(49(43(47)3)37-29-19-15-11-7-9-13-17-23-31-45-33-25-21-26-34-45)53-52-42-40-48(6-2)44(4)50(52)38-30-20-16-12-8-10-14-18-24-32-46-35-27-22-28-36-46/h21-28,31-36,39-42H,5-20,29-30,37-38H2,1-4H3. The Kier molecular flexibility index (Phi) is 19.9. The maximum atomic E-state index is 6.93. The van der Waals surface area contributed by atoms with Crippen LogP contribution in [0.5, 0.6) is 11.5 Å². The van der Waals surface area contributed by atoms with Crippen LogP contribution in [0.4, 0.5) is 0 Å². The van der Waals surface area contributed by atoms with Crippen molar-refractivity contribution in [1.29, 1.82) is 0 Å². The van der Waals surface area contributed by atoms with Crippen molar-refractivity contribution < 1.29 is 4.74 Å². The summed E-state index contributed by atoms with van der Waals surface area (Å²) in [5, 5.41) is 0. The fraction of sp³-hybridized carbons (Fsp3) is 0.462. The Labute approximate surface area is 325 Å². The summed E-state index contributed by atoms with van der Waals surface area (Å²) in [7, 11) is 0. The molecule has 53 heavy (non-hydrogen) atoms. The first-order chi connectivity index (χ1) is 26.1. The highest BCUT2D eigenvalue weighted by atomic mass is 16.5. The lowest BCUT2D eigenvalue weighted by atomic mass is 9.94. The van der Waals surface area contributed by atoms with E-state index in [4.69, 9.17) is 4.74 Å². The fourth-order valence-electron chi connectivity index (χ4n) is 7.72. The zero-order valence-corrected chi connectivity index (χ0v) is 33.9. The first kappa shape index (κ1) is 41.9. The van der Waals surface area contributed by atoms with Crippen LogP contribution in [0.25, 0.3) is 12.2 Å². The van der Waals surface area contributed by atoms with Crippen molar-refractivity contribution in [1.82, 2.24) is 0 Å². The topological polar surface area (TPSA) is 9.23 Å². The van der Waals surface area contributed by atoms with Crippen LogP contribution < -0.4 is 4.74 Å². The third-order valence-electron chi connectivity index (χ3n) is 11.1. The predicted molar refractivity (Wildman–Crippen MR) is 233 cm³/mol. The minimum absolute atomic E-state index is 1.07. The normalized spacial score (nSPS) is 11.6. The second kappa shape index (κ2) is 25.2. The van der Waals surface area contributed by atoms with Gasteiger partial charge in [0, 0.05) is 0 Å². The van der Waals surface area contributed by atoms with E-state index in [1.807, 2.05) is 0 Å². The van der Waals surface area contributed by atoms with E-state index < -0.39 is 0 Å². The quantitative estimate of drug-likeness (QED) is 0.0590. The molecule has 4 aromatic carbocycles. The van der Waals surface area contributed by atoms with Gasteiger partial charge in [-0.1, -0.05) is 175 Å². The highest BCUT2D eigenvalue weighted by Gasteiger charge is 2.16. The second-order valence-electron chi connectivity index (χ2n) is 15.1. The van der Waals surface area contributed by atoms with Crippen LogP contribution in [0.2, 0.25) is 0 Å². The maximum absolute atomic E-state index is 6.93. The van der Waals surface area contributed by atoms with Crippen LogP contribution in [0, 0.1) is 13.8 Å². The van der Waals surface area contributed by atoms with Crippen LogP contribution in [-0.2, 0) is 25.7 Å². The molecule has 0 fully saturated rings. The van der Waals surface area contributed by atoms with Gasteiger partial charge in [-0.2, -0.15) is 0 Å². The first-order valence-electron chi connectivity index (χ1n) is 21.4. The Morgan fingerprint density at radius 3 is 1.15 bits per heavy atom. The Bertz CT molecular complexity index is 1500. The van der Waals surface area contributed by atoms with E-state index in [0.29, 0.717) is 0 Å². The average Bonchev–Trinajstić information content (AvgIpc) is 3.18. The molecule has 0 aromatic heterocycles. The average molecular weight is 711 g/mol. The molecule has 0 aliphatic rings. The van der Waals surface area contributed by atoms with Crippen molar-refractivity contribution in [3.05, 3.63) is 142 Å². The number of hydrogen-bond acceptors (Lipinski definition) is 1. The van der Waals surface area contributed by atoms with Gasteiger partial charge in [0.1, 0.15) is 11.5 Å². The summed E-state index contributed by atoms with van der Waals surface area (Å²) in [6, 6.07) is 30.4. The molecule has 0 N–H and O–H groups in total. The number of allylic oxidation sites excluding steroid dienone is 2. The van der Waals surface area contributed by atoms with Gasteiger partial charge in [-0.3, -0.25) is 0 Å². The van der Waals surface area contributed by atoms with Crippen LogP contribution >= 0.6 is 0 Å². The van der Waals surface area contributed by atoms with E-state index in [9.17, 15) is 0 Å². The molecule has 0 radical (unpaired) electrons. The molecular formula is C52H70O. The first-order valence-corrected chi connectivity index (χ1v) is 21.4. The molecule has 1 heteroatoms. The molecule has 0 aliphatic heterocycles. The summed E-state index contributed by atoms with van der Waals surface area (Å²) < 4.78 is 6.93. The molecule has 0 saturated heterocycles. The maximum Gasteiger partial charge on any atom is 0.130 e. The molecule has 0 atom stereocenters. The van der Waals surface area contributed by atoms with E-state index in [-0.39, 0.29) is 0 Å². The van der Waals surface area contributed by atoms with Crippen LogP contribution in [0.15, 0.2) is 97.1 Å². The van der Waals surface area contributed by atoms with Gasteiger partial charge in [-0.25, -0.2) is 0 Å². The molecule has 0 bridgehead atoms. The van der Waals surface area contributed by atoms with Crippen molar-refractivity contribution >= 4 is 12.2 Å². The monoisotopic (exact) mass is 711 g/mol. The van der Waals surface area contributed by atoms with Gasteiger partial charge in [-0.15, -0.1) is 0 Å². The predicted octanol–water partition coefficient (Wildman–Crippen LogP) is 16.0. The van der Waals surface area contributed by atoms with Gasteiger partial charge in [0.25, 0.3) is 0 Å². The van der Waals surface area contributed by atoms with E-state index in [2.05, 4.69) is 137 Å². The Morgan fingerprint density at radius 2 is 0.774 bits per heavy atom. The second-order valence-corrected chi connectivity index (χ2v) is 15.1. The molecule has 0 spiro atoms. The summed E-state index contributed by atoms with van der Waals surface area (Å²) in [6.45, 7) is 9.20. The summed E-state index contributed by atoms with van der Waals surface area (Å²) in [5.74, 6) is 2.15. The zero-order valence-electron chi connectivity index (χ0n) is 33.9. The summed E-state index contributed by atoms with van der Waals surface area (Å²) in [4.78, 5) is 0. The number of ether oxygens (including phenoxy) is 1. The summed E-state index contributed by atoms with van der Waals surface area (Å²) in [5.41, 5.74) is 11.2. The third-order valence-corrected chi connectivity index (χ3v) is 11.1. The fourth-order valence-corrected chi connectivity index (χ4v) is 7.72. The van der Waals surface area contributed by atoms with Crippen LogP contribution in [0.1, 0.15) is 161 Å². The van der Waals surface area contributed by atoms with E-state index in [1.165, 1.54) is 147 Å². The number of hydrogen-bond donors (Lipinski definition) is 0. The summed E-state index contributed by atoms with van der Waals surface area (Å²) >= 11 is 0. The number of unbranched alkanes of at least 4 members (excludes halogenated alkanes) is 14. The Balaban J connectivity index is 1.20. The van der Waals surface area contributed by atoms with Crippen molar-refractivity contribution in [3.8, 4) is 11.5 Å². The van der Waals surface area contributed by atoms with Gasteiger partial charge in [0.2, 0.25) is 0 Å². The Hall–Kier alpha value is -3.84. The van der Waals surface area contributed by atoms with Gasteiger partial charge < -0.3 is 4.74 Å². The van der Waals surface area contributed by atoms with Gasteiger partial charge in [0.15, 0.2) is 0 Å². The van der Waals surface area contributed by atoms with Gasteiger partial charge >= 0.3 is 0 Å². The molecule has 0 amide bonds. The molecule has 4 aromatic rings. The largest absolute Gasteiger partial charge is 0.457 e. The molecule has 0 saturated carbocycles. The highest BCUT2D eigenvalue weighted by Crippen LogP contribution is 2.36. The third kappa shape index (κ3) is 15.2. The lowest BCUT2D eigenvalue weighted by Gasteiger charge is -2.20. The minimum Gasteiger partial charge on any atom is -0.457 e. The van der Waals surface area contributed by atoms with Crippen molar-refractivity contribution in [2.24, 2.45) is 0 Å². The molecule has 1 nitrogen and oxygen atoms in total. The van der Waals surface area contributed by atoms with Crippen LogP contribution in [-0.4, -0.2) is 0 Å². The highest BCUT2D eigenvalue weighted by molar-refractivity contribution is 5.51. The summed E-state index contributed by atoms with van der Waals surface area (Å²) in [6.07, 6.45) is 34.3. The smallest absolute Gasteiger partial charge is 0.130 e. The molecule has 4 rings (SSSR count). The van der Waals surface area contributed by atoms with Crippen molar-refractivity contribution in [2.45, 2.75) is 156 Å². The molecule has 0 heterocycles. The minimum atomic E-state index is 1.07. The molecule has 0 unspecified atom stereocenters. The molecule has 0 aliphatic carbocycles. The molecular weight excluding hydrogens is 641 g/mol. The van der Waals surface area contributed by atoms with Gasteiger partial charge in [0.05, 0.1) is 0 Å². The lowest BCUT2D eigenvalue weighted by molar-refractivity contribution is 0.464. The SMILES string of the molecule is CCc1ccc(Oc2ccc(CC)c(C)c2CCCCCCCCCC=Cc2ccccc2)c(CCCCCCCCCC=Cc2ccccc2)c1C. The van der Waals surface area contributed by atoms with E-state index in [1.54, 1.807) is 0 Å². The number of aryl methyl sites for hydroxylation is 2. The van der Waals surface area contributed by atoms with Gasteiger partial charge in [-0.05, 0) is 135 Å². The number of benzene rings is 4. The number of rotatable bonds is 26. The van der Waals surface area contributed by atoms with Crippen molar-refractivity contribution in [3.63, 3.8) is 0 Å². The Morgan fingerprint density at radius 1 is 0.415 bits per heavy atom. The van der Waals surface area contributed by atoms with Crippen molar-refractivity contribution in [2.75, 3.05) is 0 Å².